The van der Waals surface area contributed by atoms with Gasteiger partial charge in [-0.1, -0.05) is 37.3 Å². The van der Waals surface area contributed by atoms with E-state index in [2.05, 4.69) is 35.5 Å². The van der Waals surface area contributed by atoms with Gasteiger partial charge in [-0.25, -0.2) is 9.97 Å². The number of pyridine rings is 1. The highest BCUT2D eigenvalue weighted by atomic mass is 32.2. The molecule has 3 aromatic rings. The first-order chi connectivity index (χ1) is 9.86. The van der Waals surface area contributed by atoms with Crippen molar-refractivity contribution in [1.29, 1.82) is 0 Å². The maximum Gasteiger partial charge on any atom is 0.124 e. The maximum absolute atomic E-state index is 4.73. The van der Waals surface area contributed by atoms with Gasteiger partial charge in [-0.05, 0) is 17.9 Å². The first-order valence-electron chi connectivity index (χ1n) is 6.47. The Kier molecular flexibility index (Phi) is 4.14. The van der Waals surface area contributed by atoms with E-state index in [1.165, 1.54) is 0 Å². The molecule has 0 spiro atoms. The molecule has 0 N–H and O–H groups in total. The van der Waals surface area contributed by atoms with Gasteiger partial charge in [0.1, 0.15) is 5.01 Å². The fourth-order valence-corrected chi connectivity index (χ4v) is 3.38. The van der Waals surface area contributed by atoms with Crippen LogP contribution >= 0.6 is 23.1 Å². The highest BCUT2D eigenvalue weighted by Gasteiger charge is 2.07. The molecule has 4 heteroatoms. The minimum atomic E-state index is 1.03. The summed E-state index contributed by atoms with van der Waals surface area (Å²) in [6.07, 6.45) is 1.86. The topological polar surface area (TPSA) is 25.8 Å². The van der Waals surface area contributed by atoms with Crippen molar-refractivity contribution in [1.82, 2.24) is 9.97 Å². The molecule has 2 aromatic heterocycles. The number of benzene rings is 1. The Morgan fingerprint density at radius 1 is 1.10 bits per heavy atom. The van der Waals surface area contributed by atoms with Crippen LogP contribution in [0.25, 0.3) is 21.8 Å². The molecule has 0 atom stereocenters. The molecule has 0 fully saturated rings. The smallest absolute Gasteiger partial charge is 0.124 e. The zero-order chi connectivity index (χ0) is 13.8. The van der Waals surface area contributed by atoms with Crippen molar-refractivity contribution >= 4 is 23.1 Å². The lowest BCUT2D eigenvalue weighted by molar-refractivity contribution is 1.13. The number of thiazole rings is 1. The van der Waals surface area contributed by atoms with Gasteiger partial charge in [0.2, 0.25) is 0 Å². The van der Waals surface area contributed by atoms with Crippen LogP contribution in [0.15, 0.2) is 59.1 Å². The predicted octanol–water partition coefficient (Wildman–Crippen LogP) is 4.98. The summed E-state index contributed by atoms with van der Waals surface area (Å²) in [6, 6.07) is 14.4. The molecule has 1 aromatic carbocycles. The molecular weight excluding hydrogens is 284 g/mol. The van der Waals surface area contributed by atoms with Crippen LogP contribution in [0.4, 0.5) is 0 Å². The van der Waals surface area contributed by atoms with E-state index in [4.69, 9.17) is 4.98 Å². The van der Waals surface area contributed by atoms with Gasteiger partial charge in [-0.15, -0.1) is 23.1 Å². The number of hydrogen-bond acceptors (Lipinski definition) is 4. The SMILES string of the molecule is CCSc1cc(-c2nc(-c3ccccc3)cs2)ccn1. The standard InChI is InChI=1S/C16H14N2S2/c1-2-19-15-10-13(8-9-17-15)16-18-14(11-20-16)12-6-4-3-5-7-12/h3-11H,2H2,1H3. The van der Waals surface area contributed by atoms with Crippen molar-refractivity contribution in [3.63, 3.8) is 0 Å². The van der Waals surface area contributed by atoms with E-state index in [0.29, 0.717) is 0 Å². The summed E-state index contributed by atoms with van der Waals surface area (Å²) in [5.41, 5.74) is 3.34. The summed E-state index contributed by atoms with van der Waals surface area (Å²) in [5.74, 6) is 1.03. The van der Waals surface area contributed by atoms with E-state index in [-0.39, 0.29) is 0 Å². The lowest BCUT2D eigenvalue weighted by Gasteiger charge is -2.00. The highest BCUT2D eigenvalue weighted by molar-refractivity contribution is 7.99. The van der Waals surface area contributed by atoms with E-state index in [1.807, 2.05) is 30.5 Å². The molecule has 0 aliphatic rings. The van der Waals surface area contributed by atoms with E-state index in [9.17, 15) is 0 Å². The molecule has 2 nitrogen and oxygen atoms in total. The molecule has 20 heavy (non-hydrogen) atoms. The van der Waals surface area contributed by atoms with Crippen LogP contribution in [-0.4, -0.2) is 15.7 Å². The first-order valence-corrected chi connectivity index (χ1v) is 8.33. The van der Waals surface area contributed by atoms with E-state index in [0.717, 1.165) is 32.6 Å². The summed E-state index contributed by atoms with van der Waals surface area (Å²) in [7, 11) is 0. The molecule has 0 saturated carbocycles. The van der Waals surface area contributed by atoms with Gasteiger partial charge in [-0.3, -0.25) is 0 Å². The van der Waals surface area contributed by atoms with E-state index in [1.54, 1.807) is 23.1 Å². The fraction of sp³-hybridized carbons (Fsp3) is 0.125. The Bertz CT molecular complexity index is 692. The van der Waals surface area contributed by atoms with Crippen LogP contribution in [0, 0.1) is 0 Å². The third-order valence-corrected chi connectivity index (χ3v) is 4.55. The molecule has 0 aliphatic carbocycles. The number of nitrogens with zero attached hydrogens (tertiary/aromatic N) is 2. The number of hydrogen-bond donors (Lipinski definition) is 0. The van der Waals surface area contributed by atoms with Gasteiger partial charge in [0, 0.05) is 22.7 Å². The second kappa shape index (κ2) is 6.20. The minimum Gasteiger partial charge on any atom is -0.250 e. The minimum absolute atomic E-state index is 1.03. The summed E-state index contributed by atoms with van der Waals surface area (Å²) in [5, 5.41) is 4.21. The third kappa shape index (κ3) is 2.92. The lowest BCUT2D eigenvalue weighted by Crippen LogP contribution is -1.83. The quantitative estimate of drug-likeness (QED) is 0.635. The molecule has 3 rings (SSSR count). The van der Waals surface area contributed by atoms with Gasteiger partial charge >= 0.3 is 0 Å². The molecule has 0 amide bonds. The van der Waals surface area contributed by atoms with Gasteiger partial charge < -0.3 is 0 Å². The zero-order valence-electron chi connectivity index (χ0n) is 11.1. The van der Waals surface area contributed by atoms with E-state index < -0.39 is 0 Å². The summed E-state index contributed by atoms with van der Waals surface area (Å²) >= 11 is 3.43. The van der Waals surface area contributed by atoms with Crippen molar-refractivity contribution in [2.45, 2.75) is 11.9 Å². The summed E-state index contributed by atoms with van der Waals surface area (Å²) in [6.45, 7) is 2.13. The van der Waals surface area contributed by atoms with Crippen LogP contribution in [0.5, 0.6) is 0 Å². The molecule has 2 heterocycles. The Morgan fingerprint density at radius 2 is 1.95 bits per heavy atom. The lowest BCUT2D eigenvalue weighted by atomic mass is 10.2. The molecule has 0 radical (unpaired) electrons. The number of thioether (sulfide) groups is 1. The molecule has 0 unspecified atom stereocenters. The van der Waals surface area contributed by atoms with Crippen molar-refractivity contribution < 1.29 is 0 Å². The van der Waals surface area contributed by atoms with Gasteiger partial charge in [-0.2, -0.15) is 0 Å². The molecule has 100 valence electrons. The Hall–Kier alpha value is -1.65. The van der Waals surface area contributed by atoms with Gasteiger partial charge in [0.05, 0.1) is 10.7 Å². The normalized spacial score (nSPS) is 10.7. The first kappa shape index (κ1) is 13.3. The van der Waals surface area contributed by atoms with Crippen molar-refractivity contribution in [2.75, 3.05) is 5.75 Å². The average molecular weight is 298 g/mol. The Balaban J connectivity index is 1.92. The van der Waals surface area contributed by atoms with Crippen LogP contribution in [0.2, 0.25) is 0 Å². The Morgan fingerprint density at radius 3 is 2.75 bits per heavy atom. The maximum atomic E-state index is 4.73. The average Bonchev–Trinajstić information content (AvgIpc) is 2.99. The van der Waals surface area contributed by atoms with Crippen LogP contribution < -0.4 is 0 Å². The summed E-state index contributed by atoms with van der Waals surface area (Å²) < 4.78 is 0. The second-order valence-electron chi connectivity index (χ2n) is 4.22. The number of rotatable bonds is 4. The fourth-order valence-electron chi connectivity index (χ4n) is 1.92. The van der Waals surface area contributed by atoms with Crippen LogP contribution in [-0.2, 0) is 0 Å². The van der Waals surface area contributed by atoms with Gasteiger partial charge in [0.15, 0.2) is 0 Å². The predicted molar refractivity (Wildman–Crippen MR) is 87.2 cm³/mol. The van der Waals surface area contributed by atoms with Crippen LogP contribution in [0.3, 0.4) is 0 Å². The van der Waals surface area contributed by atoms with Crippen molar-refractivity contribution in [3.8, 4) is 21.8 Å². The number of aromatic nitrogens is 2. The molecular formula is C16H14N2S2. The summed E-state index contributed by atoms with van der Waals surface area (Å²) in [4.78, 5) is 9.09. The van der Waals surface area contributed by atoms with E-state index >= 15 is 0 Å². The van der Waals surface area contributed by atoms with Crippen LogP contribution in [0.1, 0.15) is 6.92 Å². The van der Waals surface area contributed by atoms with Crippen molar-refractivity contribution in [2.24, 2.45) is 0 Å². The van der Waals surface area contributed by atoms with Crippen molar-refractivity contribution in [3.05, 3.63) is 54.0 Å². The largest absolute Gasteiger partial charge is 0.250 e. The monoisotopic (exact) mass is 298 g/mol. The molecule has 0 aliphatic heterocycles. The molecule has 0 saturated heterocycles. The second-order valence-corrected chi connectivity index (χ2v) is 6.36. The third-order valence-electron chi connectivity index (χ3n) is 2.85. The zero-order valence-corrected chi connectivity index (χ0v) is 12.7. The Labute approximate surface area is 126 Å². The van der Waals surface area contributed by atoms with Gasteiger partial charge in [0.25, 0.3) is 0 Å². The highest BCUT2D eigenvalue weighted by Crippen LogP contribution is 2.30. The molecule has 0 bridgehead atoms.